The third kappa shape index (κ3) is 3.60. The molecule has 0 radical (unpaired) electrons. The van der Waals surface area contributed by atoms with Crippen LogP contribution in [-0.4, -0.2) is 43.3 Å². The number of methoxy groups -OCH3 is 1. The highest BCUT2D eigenvalue weighted by Gasteiger charge is 2.33. The van der Waals surface area contributed by atoms with Gasteiger partial charge in [0.15, 0.2) is 6.10 Å². The van der Waals surface area contributed by atoms with Gasteiger partial charge < -0.3 is 9.47 Å². The molecule has 0 aromatic heterocycles. The van der Waals surface area contributed by atoms with Gasteiger partial charge in [0.2, 0.25) is 0 Å². The quantitative estimate of drug-likeness (QED) is 0.795. The molecule has 1 aliphatic heterocycles. The molecule has 5 heteroatoms. The highest BCUT2D eigenvalue weighted by atomic mass is 16.6. The van der Waals surface area contributed by atoms with Crippen molar-refractivity contribution in [3.05, 3.63) is 35.4 Å². The molecule has 0 N–H and O–H groups in total. The first-order chi connectivity index (χ1) is 10.0. The Balaban J connectivity index is 2.11. The molecule has 1 aromatic carbocycles. The summed E-state index contributed by atoms with van der Waals surface area (Å²) in [7, 11) is 1.37. The summed E-state index contributed by atoms with van der Waals surface area (Å²) in [6.07, 6.45) is -0.566. The summed E-state index contributed by atoms with van der Waals surface area (Å²) < 4.78 is 10.4. The second-order valence-corrected chi connectivity index (χ2v) is 5.32. The zero-order valence-corrected chi connectivity index (χ0v) is 12.6. The molecule has 2 rings (SSSR count). The maximum Gasteiger partial charge on any atom is 0.336 e. The molecular formula is C16H20N2O3. The van der Waals surface area contributed by atoms with E-state index < -0.39 is 6.10 Å². The fourth-order valence-electron chi connectivity index (χ4n) is 2.61. The van der Waals surface area contributed by atoms with Crippen molar-refractivity contribution in [1.82, 2.24) is 4.90 Å². The number of rotatable bonds is 3. The number of esters is 1. The van der Waals surface area contributed by atoms with Gasteiger partial charge in [-0.1, -0.05) is 12.1 Å². The second-order valence-electron chi connectivity index (χ2n) is 5.32. The summed E-state index contributed by atoms with van der Waals surface area (Å²) in [5.41, 5.74) is 1.76. The molecule has 0 saturated carbocycles. The van der Waals surface area contributed by atoms with Crippen LogP contribution in [0.5, 0.6) is 0 Å². The third-order valence-corrected chi connectivity index (χ3v) is 3.82. The summed E-state index contributed by atoms with van der Waals surface area (Å²) in [5, 5.41) is 8.85. The number of benzene rings is 1. The first kappa shape index (κ1) is 15.5. The van der Waals surface area contributed by atoms with Crippen molar-refractivity contribution in [2.75, 3.05) is 20.2 Å². The van der Waals surface area contributed by atoms with Crippen LogP contribution in [0.4, 0.5) is 0 Å². The van der Waals surface area contributed by atoms with Gasteiger partial charge in [0.25, 0.3) is 0 Å². The summed E-state index contributed by atoms with van der Waals surface area (Å²) in [6.45, 7) is 5.31. The molecule has 21 heavy (non-hydrogen) atoms. The molecular weight excluding hydrogens is 268 g/mol. The smallest absolute Gasteiger partial charge is 0.336 e. The van der Waals surface area contributed by atoms with Gasteiger partial charge in [-0.25, -0.2) is 4.79 Å². The first-order valence-corrected chi connectivity index (χ1v) is 7.02. The zero-order chi connectivity index (χ0) is 15.4. The molecule has 2 unspecified atom stereocenters. The lowest BCUT2D eigenvalue weighted by Gasteiger charge is -2.39. The molecule has 0 aliphatic carbocycles. The number of ether oxygens (including phenoxy) is 2. The van der Waals surface area contributed by atoms with Gasteiger partial charge in [-0.05, 0) is 31.5 Å². The van der Waals surface area contributed by atoms with Crippen molar-refractivity contribution in [2.45, 2.75) is 32.1 Å². The SMILES string of the molecule is COC(=O)C1CN(C(C)c2ccc(C#N)cc2)C[C@@H](C)O1. The predicted octanol–water partition coefficient (Wildman–Crippen LogP) is 1.88. The van der Waals surface area contributed by atoms with Crippen LogP contribution in [0.1, 0.15) is 31.0 Å². The Morgan fingerprint density at radius 3 is 2.67 bits per heavy atom. The monoisotopic (exact) mass is 288 g/mol. The van der Waals surface area contributed by atoms with E-state index in [9.17, 15) is 4.79 Å². The van der Waals surface area contributed by atoms with Crippen LogP contribution < -0.4 is 0 Å². The summed E-state index contributed by atoms with van der Waals surface area (Å²) in [4.78, 5) is 13.9. The maximum atomic E-state index is 11.7. The third-order valence-electron chi connectivity index (χ3n) is 3.82. The lowest BCUT2D eigenvalue weighted by molar-refractivity contribution is -0.167. The molecule has 112 valence electrons. The van der Waals surface area contributed by atoms with Crippen molar-refractivity contribution < 1.29 is 14.3 Å². The van der Waals surface area contributed by atoms with Crippen molar-refractivity contribution in [2.24, 2.45) is 0 Å². The van der Waals surface area contributed by atoms with Crippen LogP contribution in [0.2, 0.25) is 0 Å². The molecule has 1 aliphatic rings. The van der Waals surface area contributed by atoms with E-state index in [1.54, 1.807) is 0 Å². The van der Waals surface area contributed by atoms with E-state index in [4.69, 9.17) is 14.7 Å². The fourth-order valence-corrected chi connectivity index (χ4v) is 2.61. The van der Waals surface area contributed by atoms with E-state index in [2.05, 4.69) is 17.9 Å². The van der Waals surface area contributed by atoms with Crippen LogP contribution >= 0.6 is 0 Å². The highest BCUT2D eigenvalue weighted by Crippen LogP contribution is 2.25. The minimum Gasteiger partial charge on any atom is -0.467 e. The van der Waals surface area contributed by atoms with Gasteiger partial charge in [0, 0.05) is 19.1 Å². The molecule has 0 amide bonds. The average Bonchev–Trinajstić information content (AvgIpc) is 2.52. The predicted molar refractivity (Wildman–Crippen MR) is 77.5 cm³/mol. The van der Waals surface area contributed by atoms with Crippen molar-refractivity contribution in [1.29, 1.82) is 5.26 Å². The van der Waals surface area contributed by atoms with E-state index in [0.29, 0.717) is 12.1 Å². The number of nitriles is 1. The number of carbonyl (C=O) groups is 1. The summed E-state index contributed by atoms with van der Waals surface area (Å²) in [5.74, 6) is -0.335. The van der Waals surface area contributed by atoms with E-state index in [1.807, 2.05) is 31.2 Å². The van der Waals surface area contributed by atoms with Crippen molar-refractivity contribution >= 4 is 5.97 Å². The highest BCUT2D eigenvalue weighted by molar-refractivity contribution is 5.75. The van der Waals surface area contributed by atoms with Crippen LogP contribution in [0, 0.1) is 11.3 Å². The molecule has 1 saturated heterocycles. The standard InChI is InChI=1S/C16H20N2O3/c1-11-9-18(10-15(21-11)16(19)20-3)12(2)14-6-4-13(8-17)5-7-14/h4-7,11-12,15H,9-10H2,1-3H3/t11-,12?,15?/m1/s1. The van der Waals surface area contributed by atoms with Gasteiger partial charge >= 0.3 is 5.97 Å². The van der Waals surface area contributed by atoms with Gasteiger partial charge in [-0.3, -0.25) is 4.90 Å². The van der Waals surface area contributed by atoms with E-state index in [0.717, 1.165) is 12.1 Å². The topological polar surface area (TPSA) is 62.6 Å². The largest absolute Gasteiger partial charge is 0.467 e. The summed E-state index contributed by atoms with van der Waals surface area (Å²) in [6, 6.07) is 9.80. The van der Waals surface area contributed by atoms with E-state index >= 15 is 0 Å². The van der Waals surface area contributed by atoms with E-state index in [1.165, 1.54) is 7.11 Å². The minimum absolute atomic E-state index is 0.0244. The lowest BCUT2D eigenvalue weighted by Crippen LogP contribution is -2.50. The molecule has 3 atom stereocenters. The van der Waals surface area contributed by atoms with Gasteiger partial charge in [0.1, 0.15) is 0 Å². The Morgan fingerprint density at radius 2 is 2.10 bits per heavy atom. The number of carbonyl (C=O) groups excluding carboxylic acids is 1. The summed E-state index contributed by atoms with van der Waals surface area (Å²) >= 11 is 0. The average molecular weight is 288 g/mol. The molecule has 0 spiro atoms. The molecule has 1 heterocycles. The Morgan fingerprint density at radius 1 is 1.43 bits per heavy atom. The second kappa shape index (κ2) is 6.70. The van der Waals surface area contributed by atoms with Crippen LogP contribution in [0.3, 0.4) is 0 Å². The van der Waals surface area contributed by atoms with Gasteiger partial charge in [-0.15, -0.1) is 0 Å². The van der Waals surface area contributed by atoms with Crippen LogP contribution in [0.15, 0.2) is 24.3 Å². The van der Waals surface area contributed by atoms with Crippen LogP contribution in [-0.2, 0) is 14.3 Å². The first-order valence-electron chi connectivity index (χ1n) is 7.02. The van der Waals surface area contributed by atoms with E-state index in [-0.39, 0.29) is 18.1 Å². The number of hydrogen-bond donors (Lipinski definition) is 0. The maximum absolute atomic E-state index is 11.7. The minimum atomic E-state index is -0.542. The number of nitrogens with zero attached hydrogens (tertiary/aromatic N) is 2. The Bertz CT molecular complexity index is 535. The van der Waals surface area contributed by atoms with Gasteiger partial charge in [0.05, 0.1) is 24.8 Å². The fraction of sp³-hybridized carbons (Fsp3) is 0.500. The number of hydrogen-bond acceptors (Lipinski definition) is 5. The Labute approximate surface area is 125 Å². The molecule has 5 nitrogen and oxygen atoms in total. The normalized spacial score (nSPS) is 24.1. The number of morpholine rings is 1. The zero-order valence-electron chi connectivity index (χ0n) is 12.6. The molecule has 0 bridgehead atoms. The Hall–Kier alpha value is -1.90. The Kier molecular flexibility index (Phi) is 4.94. The van der Waals surface area contributed by atoms with Gasteiger partial charge in [-0.2, -0.15) is 5.26 Å². The van der Waals surface area contributed by atoms with Crippen molar-refractivity contribution in [3.8, 4) is 6.07 Å². The van der Waals surface area contributed by atoms with Crippen molar-refractivity contribution in [3.63, 3.8) is 0 Å². The molecule has 1 aromatic rings. The lowest BCUT2D eigenvalue weighted by atomic mass is 10.0. The molecule has 1 fully saturated rings. The van der Waals surface area contributed by atoms with Crippen LogP contribution in [0.25, 0.3) is 0 Å².